The van der Waals surface area contributed by atoms with Crippen molar-refractivity contribution in [1.82, 2.24) is 30.0 Å². The van der Waals surface area contributed by atoms with Gasteiger partial charge in [-0.3, -0.25) is 0 Å². The number of anilines is 2. The standard InChI is InChI=1S/C12H12Cl2N4.C12H13ClN4/c13-8-5-4-7(6-9(8)14)10-2-1-3-11-12(15)16-17-18(10)11;13-9-6-4-8(5-7-9)10-2-1-3-11-12(14)15-16-17(10)11/h4-6,10H,1-3,15H2;4-7,10H,1-3,14H2. The summed E-state index contributed by atoms with van der Waals surface area (Å²) in [7, 11) is 0. The molecule has 4 N–H and O–H groups in total. The van der Waals surface area contributed by atoms with Crippen LogP contribution in [-0.2, 0) is 12.8 Å². The summed E-state index contributed by atoms with van der Waals surface area (Å²) in [6.07, 6.45) is 6.15. The normalized spacial score (nSPS) is 18.8. The Morgan fingerprint density at radius 1 is 0.686 bits per heavy atom. The van der Waals surface area contributed by atoms with Gasteiger partial charge in [-0.05, 0) is 73.9 Å². The Balaban J connectivity index is 0.000000145. The van der Waals surface area contributed by atoms with E-state index in [9.17, 15) is 0 Å². The molecule has 2 aliphatic heterocycles. The summed E-state index contributed by atoms with van der Waals surface area (Å²) in [6.45, 7) is 0. The summed E-state index contributed by atoms with van der Waals surface area (Å²) in [5.41, 5.74) is 16.0. The lowest BCUT2D eigenvalue weighted by molar-refractivity contribution is 0.409. The van der Waals surface area contributed by atoms with Gasteiger partial charge < -0.3 is 11.5 Å². The molecule has 35 heavy (non-hydrogen) atoms. The van der Waals surface area contributed by atoms with Crippen LogP contribution in [0.1, 0.15) is 60.3 Å². The molecule has 0 aliphatic carbocycles. The molecule has 0 fully saturated rings. The molecule has 182 valence electrons. The molecule has 0 saturated heterocycles. The van der Waals surface area contributed by atoms with Crippen LogP contribution in [0.15, 0.2) is 42.5 Å². The first kappa shape index (κ1) is 23.9. The van der Waals surface area contributed by atoms with Gasteiger partial charge in [0.05, 0.1) is 33.5 Å². The zero-order chi connectivity index (χ0) is 24.5. The number of benzene rings is 2. The molecule has 0 radical (unpaired) electrons. The molecule has 11 heteroatoms. The molecule has 2 unspecified atom stereocenters. The topological polar surface area (TPSA) is 113 Å². The predicted molar refractivity (Wildman–Crippen MR) is 139 cm³/mol. The van der Waals surface area contributed by atoms with Crippen molar-refractivity contribution >= 4 is 46.4 Å². The number of nitrogens with two attached hydrogens (primary N) is 2. The van der Waals surface area contributed by atoms with Crippen LogP contribution in [0.2, 0.25) is 15.1 Å². The average molecular weight is 532 g/mol. The molecule has 2 atom stereocenters. The van der Waals surface area contributed by atoms with Gasteiger partial charge in [-0.15, -0.1) is 10.2 Å². The number of fused-ring (bicyclic) bond motifs is 2. The van der Waals surface area contributed by atoms with Crippen molar-refractivity contribution in [2.45, 2.75) is 50.6 Å². The molecule has 0 saturated carbocycles. The van der Waals surface area contributed by atoms with E-state index in [-0.39, 0.29) is 12.1 Å². The van der Waals surface area contributed by atoms with Gasteiger partial charge in [0.2, 0.25) is 0 Å². The zero-order valence-corrected chi connectivity index (χ0v) is 21.2. The van der Waals surface area contributed by atoms with Gasteiger partial charge in [-0.1, -0.05) is 63.4 Å². The predicted octanol–water partition coefficient (Wildman–Crippen LogP) is 5.53. The molecule has 0 amide bonds. The van der Waals surface area contributed by atoms with Crippen molar-refractivity contribution in [3.05, 3.63) is 80.0 Å². The smallest absolute Gasteiger partial charge is 0.169 e. The second-order valence-corrected chi connectivity index (χ2v) is 10.0. The Kier molecular flexibility index (Phi) is 6.86. The molecular weight excluding hydrogens is 507 g/mol. The Hall–Kier alpha value is -2.81. The summed E-state index contributed by atoms with van der Waals surface area (Å²) in [5.74, 6) is 1.09. The van der Waals surface area contributed by atoms with Crippen LogP contribution in [0.25, 0.3) is 0 Å². The van der Waals surface area contributed by atoms with Gasteiger partial charge in [-0.25, -0.2) is 9.36 Å². The Morgan fingerprint density at radius 3 is 1.74 bits per heavy atom. The fraction of sp³-hybridized carbons (Fsp3) is 0.333. The number of hydrogen-bond donors (Lipinski definition) is 2. The minimum atomic E-state index is 0.147. The van der Waals surface area contributed by atoms with Crippen molar-refractivity contribution in [1.29, 1.82) is 0 Å². The van der Waals surface area contributed by atoms with Gasteiger partial charge in [0, 0.05) is 5.02 Å². The van der Waals surface area contributed by atoms with E-state index in [4.69, 9.17) is 46.3 Å². The monoisotopic (exact) mass is 530 g/mol. The zero-order valence-electron chi connectivity index (χ0n) is 18.9. The number of halogens is 3. The summed E-state index contributed by atoms with van der Waals surface area (Å²) in [5, 5.41) is 18.1. The Bertz CT molecular complexity index is 1330. The lowest BCUT2D eigenvalue weighted by atomic mass is 9.96. The lowest BCUT2D eigenvalue weighted by Crippen LogP contribution is -2.20. The van der Waals surface area contributed by atoms with Crippen molar-refractivity contribution in [3.8, 4) is 0 Å². The maximum atomic E-state index is 6.06. The van der Waals surface area contributed by atoms with E-state index in [1.807, 2.05) is 51.8 Å². The molecule has 0 spiro atoms. The number of nitrogens with zero attached hydrogens (tertiary/aromatic N) is 6. The maximum absolute atomic E-state index is 6.06. The highest BCUT2D eigenvalue weighted by atomic mass is 35.5. The number of aromatic nitrogens is 6. The summed E-state index contributed by atoms with van der Waals surface area (Å²) < 4.78 is 3.85. The van der Waals surface area contributed by atoms with Crippen LogP contribution in [0, 0.1) is 0 Å². The van der Waals surface area contributed by atoms with E-state index >= 15 is 0 Å². The number of nitrogen functional groups attached to an aromatic ring is 2. The molecule has 6 rings (SSSR count). The maximum Gasteiger partial charge on any atom is 0.169 e. The van der Waals surface area contributed by atoms with E-state index < -0.39 is 0 Å². The van der Waals surface area contributed by atoms with Crippen molar-refractivity contribution in [2.75, 3.05) is 11.5 Å². The van der Waals surface area contributed by atoms with Gasteiger partial charge in [0.15, 0.2) is 11.6 Å². The van der Waals surface area contributed by atoms with Crippen molar-refractivity contribution in [3.63, 3.8) is 0 Å². The summed E-state index contributed by atoms with van der Waals surface area (Å²) >= 11 is 17.9. The van der Waals surface area contributed by atoms with E-state index in [0.717, 1.165) is 60.5 Å². The van der Waals surface area contributed by atoms with Crippen molar-refractivity contribution in [2.24, 2.45) is 0 Å². The molecule has 2 aromatic carbocycles. The van der Waals surface area contributed by atoms with Crippen LogP contribution in [0.4, 0.5) is 11.6 Å². The molecule has 4 aromatic rings. The second kappa shape index (κ2) is 10.0. The molecule has 4 heterocycles. The highest BCUT2D eigenvalue weighted by Gasteiger charge is 2.26. The summed E-state index contributed by atoms with van der Waals surface area (Å²) in [4.78, 5) is 0. The molecule has 2 aromatic heterocycles. The fourth-order valence-corrected chi connectivity index (χ4v) is 5.26. The van der Waals surface area contributed by atoms with Crippen LogP contribution in [0.3, 0.4) is 0 Å². The van der Waals surface area contributed by atoms with E-state index in [2.05, 4.69) is 20.6 Å². The van der Waals surface area contributed by atoms with Crippen LogP contribution in [0.5, 0.6) is 0 Å². The van der Waals surface area contributed by atoms with E-state index in [1.165, 1.54) is 5.56 Å². The van der Waals surface area contributed by atoms with Gasteiger partial charge in [0.1, 0.15) is 0 Å². The highest BCUT2D eigenvalue weighted by Crippen LogP contribution is 2.34. The minimum Gasteiger partial charge on any atom is -0.381 e. The summed E-state index contributed by atoms with van der Waals surface area (Å²) in [6, 6.07) is 14.0. The minimum absolute atomic E-state index is 0.147. The Morgan fingerprint density at radius 2 is 1.20 bits per heavy atom. The van der Waals surface area contributed by atoms with Crippen LogP contribution in [-0.4, -0.2) is 30.0 Å². The Labute approximate surface area is 218 Å². The highest BCUT2D eigenvalue weighted by molar-refractivity contribution is 6.42. The van der Waals surface area contributed by atoms with Crippen LogP contribution < -0.4 is 11.5 Å². The third-order valence-electron chi connectivity index (χ3n) is 6.60. The van der Waals surface area contributed by atoms with Gasteiger partial charge in [0.25, 0.3) is 0 Å². The first-order chi connectivity index (χ1) is 16.9. The quantitative estimate of drug-likeness (QED) is 0.351. The SMILES string of the molecule is Nc1nnn2c1CCCC2c1ccc(Cl)c(Cl)c1.Nc1nnn2c1CCCC2c1ccc(Cl)cc1. The first-order valence-corrected chi connectivity index (χ1v) is 12.6. The molecule has 2 aliphatic rings. The average Bonchev–Trinajstić information content (AvgIpc) is 3.44. The third-order valence-corrected chi connectivity index (χ3v) is 7.59. The lowest BCUT2D eigenvalue weighted by Gasteiger charge is -2.24. The second-order valence-electron chi connectivity index (χ2n) is 8.77. The molecule has 0 bridgehead atoms. The van der Waals surface area contributed by atoms with Crippen LogP contribution >= 0.6 is 34.8 Å². The fourth-order valence-electron chi connectivity index (χ4n) is 4.83. The number of rotatable bonds is 2. The van der Waals surface area contributed by atoms with Gasteiger partial charge >= 0.3 is 0 Å². The largest absolute Gasteiger partial charge is 0.381 e. The van der Waals surface area contributed by atoms with Gasteiger partial charge in [-0.2, -0.15) is 0 Å². The molecule has 8 nitrogen and oxygen atoms in total. The number of hydrogen-bond acceptors (Lipinski definition) is 6. The first-order valence-electron chi connectivity index (χ1n) is 11.5. The van der Waals surface area contributed by atoms with E-state index in [1.54, 1.807) is 0 Å². The molecular formula is C24H25Cl3N8. The van der Waals surface area contributed by atoms with E-state index in [0.29, 0.717) is 21.7 Å². The third kappa shape index (κ3) is 4.83. The van der Waals surface area contributed by atoms with Crippen molar-refractivity contribution < 1.29 is 0 Å².